The van der Waals surface area contributed by atoms with Crippen molar-refractivity contribution in [3.8, 4) is 0 Å². The summed E-state index contributed by atoms with van der Waals surface area (Å²) >= 11 is 0. The molecular formula is C20H29ClN6O2. The smallest absolute Gasteiger partial charge is 0.237 e. The third-order valence-electron chi connectivity index (χ3n) is 5.05. The van der Waals surface area contributed by atoms with E-state index >= 15 is 0 Å². The molecule has 0 aliphatic carbocycles. The minimum Gasteiger partial charge on any atom is -0.370 e. The second-order valence-electron chi connectivity index (χ2n) is 7.10. The summed E-state index contributed by atoms with van der Waals surface area (Å²) in [6.07, 6.45) is 3.85. The van der Waals surface area contributed by atoms with E-state index in [1.807, 2.05) is 48.1 Å². The number of primary amides is 1. The van der Waals surface area contributed by atoms with Crippen LogP contribution in [-0.2, 0) is 23.2 Å². The van der Waals surface area contributed by atoms with E-state index in [9.17, 15) is 9.59 Å². The number of nitrogens with two attached hydrogens (primary N) is 1. The molecule has 0 spiro atoms. The van der Waals surface area contributed by atoms with Gasteiger partial charge < -0.3 is 20.5 Å². The second kappa shape index (κ2) is 10.9. The Bertz CT molecular complexity index is 797. The molecule has 8 nitrogen and oxygen atoms in total. The molecule has 1 aliphatic heterocycles. The van der Waals surface area contributed by atoms with Crippen molar-refractivity contribution in [3.05, 3.63) is 54.1 Å². The maximum Gasteiger partial charge on any atom is 0.237 e. The molecular weight excluding hydrogens is 392 g/mol. The molecule has 158 valence electrons. The molecule has 29 heavy (non-hydrogen) atoms. The molecule has 2 heterocycles. The zero-order valence-corrected chi connectivity index (χ0v) is 17.5. The first-order valence-corrected chi connectivity index (χ1v) is 9.56. The van der Waals surface area contributed by atoms with Crippen molar-refractivity contribution in [2.45, 2.75) is 19.0 Å². The monoisotopic (exact) mass is 420 g/mol. The highest BCUT2D eigenvalue weighted by atomic mass is 35.5. The van der Waals surface area contributed by atoms with Gasteiger partial charge in [-0.15, -0.1) is 12.4 Å². The molecule has 0 bridgehead atoms. The van der Waals surface area contributed by atoms with E-state index in [0.717, 1.165) is 31.0 Å². The van der Waals surface area contributed by atoms with Crippen molar-refractivity contribution >= 4 is 24.2 Å². The molecule has 2 amide bonds. The lowest BCUT2D eigenvalue weighted by Crippen LogP contribution is -2.51. The van der Waals surface area contributed by atoms with Gasteiger partial charge in [0.1, 0.15) is 5.82 Å². The summed E-state index contributed by atoms with van der Waals surface area (Å²) in [5.74, 6) is 0.525. The fourth-order valence-electron chi connectivity index (χ4n) is 3.50. The highest BCUT2D eigenvalue weighted by Crippen LogP contribution is 2.20. The highest BCUT2D eigenvalue weighted by molar-refractivity contribution is 5.85. The third-order valence-corrected chi connectivity index (χ3v) is 5.05. The van der Waals surface area contributed by atoms with Gasteiger partial charge in [-0.1, -0.05) is 30.3 Å². The van der Waals surface area contributed by atoms with Gasteiger partial charge in [0, 0.05) is 58.6 Å². The Kier molecular flexibility index (Phi) is 8.63. The van der Waals surface area contributed by atoms with Crippen LogP contribution < -0.4 is 11.1 Å². The quantitative estimate of drug-likeness (QED) is 0.655. The first-order chi connectivity index (χ1) is 13.5. The molecule has 9 heteroatoms. The number of hydrogen-bond acceptors (Lipinski definition) is 5. The van der Waals surface area contributed by atoms with Crippen LogP contribution >= 0.6 is 12.4 Å². The zero-order valence-electron chi connectivity index (χ0n) is 16.7. The number of aryl methyl sites for hydroxylation is 1. The molecule has 3 rings (SSSR count). The minimum atomic E-state index is -0.404. The van der Waals surface area contributed by atoms with Gasteiger partial charge in [-0.3, -0.25) is 14.5 Å². The first-order valence-electron chi connectivity index (χ1n) is 9.56. The van der Waals surface area contributed by atoms with Gasteiger partial charge in [0.15, 0.2) is 0 Å². The van der Waals surface area contributed by atoms with Crippen molar-refractivity contribution in [3.63, 3.8) is 0 Å². The van der Waals surface area contributed by atoms with E-state index in [2.05, 4.69) is 15.2 Å². The van der Waals surface area contributed by atoms with Gasteiger partial charge in [-0.2, -0.15) is 0 Å². The minimum absolute atomic E-state index is 0. The Labute approximate surface area is 177 Å². The summed E-state index contributed by atoms with van der Waals surface area (Å²) in [6, 6.07) is 9.82. The number of nitrogens with zero attached hydrogens (tertiary/aromatic N) is 4. The van der Waals surface area contributed by atoms with E-state index in [1.54, 1.807) is 11.1 Å². The van der Waals surface area contributed by atoms with Crippen LogP contribution in [0.4, 0.5) is 0 Å². The second-order valence-corrected chi connectivity index (χ2v) is 7.10. The predicted molar refractivity (Wildman–Crippen MR) is 113 cm³/mol. The molecule has 2 aromatic rings. The van der Waals surface area contributed by atoms with Crippen molar-refractivity contribution in [2.24, 2.45) is 12.8 Å². The fraction of sp³-hybridized carbons (Fsp3) is 0.450. The van der Waals surface area contributed by atoms with Crippen molar-refractivity contribution in [1.29, 1.82) is 0 Å². The number of carbonyl (C=O) groups excluding carboxylic acids is 2. The number of piperazine rings is 1. The topological polar surface area (TPSA) is 96.5 Å². The Morgan fingerprint density at radius 2 is 2.07 bits per heavy atom. The van der Waals surface area contributed by atoms with Gasteiger partial charge in [0.2, 0.25) is 11.8 Å². The average Bonchev–Trinajstić information content (AvgIpc) is 3.12. The van der Waals surface area contributed by atoms with Crippen molar-refractivity contribution in [1.82, 2.24) is 24.7 Å². The zero-order chi connectivity index (χ0) is 19.9. The van der Waals surface area contributed by atoms with Gasteiger partial charge in [0.05, 0.1) is 12.6 Å². The van der Waals surface area contributed by atoms with Crippen LogP contribution in [0.3, 0.4) is 0 Å². The maximum absolute atomic E-state index is 13.1. The Morgan fingerprint density at radius 3 is 2.72 bits per heavy atom. The molecule has 1 atom stereocenters. The van der Waals surface area contributed by atoms with Gasteiger partial charge in [-0.25, -0.2) is 4.98 Å². The summed E-state index contributed by atoms with van der Waals surface area (Å²) < 4.78 is 1.99. The number of rotatable bonds is 8. The van der Waals surface area contributed by atoms with Crippen LogP contribution in [0.2, 0.25) is 0 Å². The Hall–Kier alpha value is -2.42. The number of nitrogens with one attached hydrogen (secondary N) is 1. The summed E-state index contributed by atoms with van der Waals surface area (Å²) in [6.45, 7) is 3.41. The van der Waals surface area contributed by atoms with Crippen LogP contribution in [0.5, 0.6) is 0 Å². The number of imidazole rings is 1. The molecule has 1 fully saturated rings. The van der Waals surface area contributed by atoms with Crippen LogP contribution in [-0.4, -0.2) is 63.9 Å². The number of carbonyl (C=O) groups is 2. The number of amides is 2. The van der Waals surface area contributed by atoms with E-state index in [1.165, 1.54) is 0 Å². The van der Waals surface area contributed by atoms with Crippen molar-refractivity contribution in [2.75, 3.05) is 32.7 Å². The largest absolute Gasteiger partial charge is 0.370 e. The fourth-order valence-corrected chi connectivity index (χ4v) is 3.50. The Morgan fingerprint density at radius 1 is 1.31 bits per heavy atom. The van der Waals surface area contributed by atoms with Crippen molar-refractivity contribution < 1.29 is 9.59 Å². The van der Waals surface area contributed by atoms with E-state index in [4.69, 9.17) is 5.73 Å². The lowest BCUT2D eigenvalue weighted by molar-refractivity contribution is -0.134. The van der Waals surface area contributed by atoms with Crippen LogP contribution in [0.25, 0.3) is 0 Å². The van der Waals surface area contributed by atoms with E-state index < -0.39 is 5.91 Å². The SMILES string of the molecule is Cl.Cn1ccnc1C1CNCCN1CC(=O)N(CCC(N)=O)Cc1ccccc1. The molecule has 1 saturated heterocycles. The summed E-state index contributed by atoms with van der Waals surface area (Å²) in [7, 11) is 1.96. The maximum atomic E-state index is 13.1. The van der Waals surface area contributed by atoms with Crippen LogP contribution in [0.15, 0.2) is 42.7 Å². The summed E-state index contributed by atoms with van der Waals surface area (Å²) in [5.41, 5.74) is 6.34. The van der Waals surface area contributed by atoms with Gasteiger partial charge >= 0.3 is 0 Å². The average molecular weight is 421 g/mol. The third kappa shape index (κ3) is 6.28. The molecule has 0 radical (unpaired) electrons. The molecule has 3 N–H and O–H groups in total. The number of hydrogen-bond donors (Lipinski definition) is 2. The van der Waals surface area contributed by atoms with E-state index in [0.29, 0.717) is 13.1 Å². The molecule has 1 aliphatic rings. The molecule has 1 unspecified atom stereocenters. The molecule has 1 aromatic heterocycles. The van der Waals surface area contributed by atoms with Gasteiger partial charge in [-0.05, 0) is 5.56 Å². The first kappa shape index (κ1) is 22.9. The summed E-state index contributed by atoms with van der Waals surface area (Å²) in [4.78, 5) is 32.7. The number of aromatic nitrogens is 2. The lowest BCUT2D eigenvalue weighted by atomic mass is 10.1. The number of benzene rings is 1. The Balaban J connectivity index is 0.00000300. The standard InChI is InChI=1S/C20H28N6O2.ClH/c1-24-11-9-23-20(24)17-13-22-8-12-25(17)15-19(28)26(10-7-18(21)27)14-16-5-3-2-4-6-16;/h2-6,9,11,17,22H,7-8,10,12-15H2,1H3,(H2,21,27);1H. The normalized spacial score (nSPS) is 16.8. The number of halogens is 1. The van der Waals surface area contributed by atoms with Gasteiger partial charge in [0.25, 0.3) is 0 Å². The lowest BCUT2D eigenvalue weighted by Gasteiger charge is -2.36. The highest BCUT2D eigenvalue weighted by Gasteiger charge is 2.29. The van der Waals surface area contributed by atoms with Crippen LogP contribution in [0, 0.1) is 0 Å². The molecule has 1 aromatic carbocycles. The van der Waals surface area contributed by atoms with Crippen LogP contribution in [0.1, 0.15) is 23.9 Å². The predicted octanol–water partition coefficient (Wildman–Crippen LogP) is 0.692. The van der Waals surface area contributed by atoms with E-state index in [-0.39, 0.29) is 37.3 Å². The molecule has 0 saturated carbocycles. The summed E-state index contributed by atoms with van der Waals surface area (Å²) in [5, 5.41) is 3.38.